The average molecular weight is 322 g/mol. The number of carboxylic acids is 1. The number of hydrogen-bond donors (Lipinski definition) is 2. The van der Waals surface area contributed by atoms with Crippen molar-refractivity contribution in [3.8, 4) is 0 Å². The summed E-state index contributed by atoms with van der Waals surface area (Å²) in [6.45, 7) is 4.10. The average Bonchev–Trinajstić information content (AvgIpc) is 3.04. The predicted octanol–water partition coefficient (Wildman–Crippen LogP) is 1.62. The summed E-state index contributed by atoms with van der Waals surface area (Å²) < 4.78 is 1.22. The number of carboxylic acid groups (broad SMARTS) is 1. The molecule has 0 saturated carbocycles. The van der Waals surface area contributed by atoms with E-state index in [1.54, 1.807) is 0 Å². The normalized spacial score (nSPS) is 10.6. The van der Waals surface area contributed by atoms with Crippen LogP contribution in [0.15, 0.2) is 12.3 Å². The molecule has 0 bridgehead atoms. The van der Waals surface area contributed by atoms with Crippen LogP contribution < -0.4 is 5.32 Å². The van der Waals surface area contributed by atoms with Gasteiger partial charge >= 0.3 is 5.97 Å². The number of carbonyl (C=O) groups excluding carboxylic acids is 1. The number of carbonyl (C=O) groups is 2. The summed E-state index contributed by atoms with van der Waals surface area (Å²) in [5, 5.41) is 18.9. The molecule has 2 aromatic rings. The number of aliphatic carboxylic acids is 1. The van der Waals surface area contributed by atoms with Crippen LogP contribution in [0.2, 0.25) is 0 Å². The van der Waals surface area contributed by atoms with Gasteiger partial charge in [0.15, 0.2) is 0 Å². The summed E-state index contributed by atoms with van der Waals surface area (Å²) in [7, 11) is 0. The summed E-state index contributed by atoms with van der Waals surface area (Å²) >= 11 is 1.48. The highest BCUT2D eigenvalue weighted by atomic mass is 32.1. The zero-order chi connectivity index (χ0) is 16.1. The van der Waals surface area contributed by atoms with Crippen LogP contribution in [0.25, 0.3) is 0 Å². The molecule has 0 spiro atoms. The van der Waals surface area contributed by atoms with Crippen molar-refractivity contribution in [2.75, 3.05) is 0 Å². The van der Waals surface area contributed by atoms with Crippen LogP contribution in [0.3, 0.4) is 0 Å². The first-order chi connectivity index (χ1) is 10.5. The highest BCUT2D eigenvalue weighted by Crippen LogP contribution is 2.22. The highest BCUT2D eigenvalue weighted by molar-refractivity contribution is 7.14. The Kier molecular flexibility index (Phi) is 5.26. The maximum atomic E-state index is 12.1. The van der Waals surface area contributed by atoms with E-state index in [4.69, 9.17) is 5.11 Å². The fraction of sp³-hybridized carbons (Fsp3) is 0.429. The van der Waals surface area contributed by atoms with Crippen LogP contribution in [-0.4, -0.2) is 32.0 Å². The molecule has 8 heteroatoms. The summed E-state index contributed by atoms with van der Waals surface area (Å²) in [6, 6.07) is 1.93. The molecule has 0 aliphatic heterocycles. The van der Waals surface area contributed by atoms with E-state index in [0.717, 1.165) is 12.8 Å². The molecule has 0 atom stereocenters. The largest absolute Gasteiger partial charge is 0.480 e. The van der Waals surface area contributed by atoms with Crippen LogP contribution in [0.1, 0.15) is 39.2 Å². The van der Waals surface area contributed by atoms with Gasteiger partial charge in [0.1, 0.15) is 12.2 Å². The van der Waals surface area contributed by atoms with Crippen LogP contribution in [0.5, 0.6) is 0 Å². The van der Waals surface area contributed by atoms with E-state index >= 15 is 0 Å². The van der Waals surface area contributed by atoms with Gasteiger partial charge in [-0.3, -0.25) is 9.59 Å². The molecule has 22 heavy (non-hydrogen) atoms. The Labute approximate surface area is 132 Å². The molecule has 1 amide bonds. The van der Waals surface area contributed by atoms with Crippen molar-refractivity contribution in [3.63, 3.8) is 0 Å². The molecular formula is C14H18N4O3S. The van der Waals surface area contributed by atoms with Gasteiger partial charge in [-0.2, -0.15) is 0 Å². The zero-order valence-corrected chi connectivity index (χ0v) is 13.3. The number of aryl methyl sites for hydroxylation is 2. The first-order valence-electron chi connectivity index (χ1n) is 6.98. The first-order valence-corrected chi connectivity index (χ1v) is 7.79. The third-order valence-electron chi connectivity index (χ3n) is 3.08. The van der Waals surface area contributed by atoms with Gasteiger partial charge in [0, 0.05) is 4.88 Å². The van der Waals surface area contributed by atoms with Gasteiger partial charge in [-0.05, 0) is 25.0 Å². The predicted molar refractivity (Wildman–Crippen MR) is 81.9 cm³/mol. The molecule has 118 valence electrons. The zero-order valence-electron chi connectivity index (χ0n) is 12.5. The monoisotopic (exact) mass is 322 g/mol. The summed E-state index contributed by atoms with van der Waals surface area (Å²) in [5.74, 6) is -1.14. The van der Waals surface area contributed by atoms with E-state index in [0.29, 0.717) is 10.6 Å². The maximum absolute atomic E-state index is 12.1. The van der Waals surface area contributed by atoms with E-state index in [-0.39, 0.29) is 19.0 Å². The lowest BCUT2D eigenvalue weighted by molar-refractivity contribution is -0.137. The van der Waals surface area contributed by atoms with Crippen LogP contribution in [0.4, 0.5) is 0 Å². The molecule has 0 aromatic carbocycles. The molecular weight excluding hydrogens is 304 g/mol. The lowest BCUT2D eigenvalue weighted by Crippen LogP contribution is -2.22. The Morgan fingerprint density at radius 1 is 1.45 bits per heavy atom. The van der Waals surface area contributed by atoms with Gasteiger partial charge in [-0.25, -0.2) is 4.68 Å². The SMILES string of the molecule is CCCc1cc(C(=O)NCc2cn(CC(=O)O)nn2)sc1C. The molecule has 0 aliphatic rings. The summed E-state index contributed by atoms with van der Waals surface area (Å²) in [6.07, 6.45) is 3.53. The van der Waals surface area contributed by atoms with E-state index in [1.807, 2.05) is 13.0 Å². The molecule has 0 fully saturated rings. The fourth-order valence-corrected chi connectivity index (χ4v) is 3.03. The minimum Gasteiger partial charge on any atom is -0.480 e. The smallest absolute Gasteiger partial charge is 0.325 e. The Hall–Kier alpha value is -2.22. The molecule has 2 aromatic heterocycles. The summed E-state index contributed by atoms with van der Waals surface area (Å²) in [4.78, 5) is 24.5. The van der Waals surface area contributed by atoms with Crippen molar-refractivity contribution in [1.82, 2.24) is 20.3 Å². The lowest BCUT2D eigenvalue weighted by Gasteiger charge is -1.99. The Morgan fingerprint density at radius 2 is 2.23 bits per heavy atom. The molecule has 0 unspecified atom stereocenters. The Bertz CT molecular complexity index is 677. The second-order valence-corrected chi connectivity index (χ2v) is 6.18. The Morgan fingerprint density at radius 3 is 2.91 bits per heavy atom. The molecule has 0 radical (unpaired) electrons. The number of hydrogen-bond acceptors (Lipinski definition) is 5. The van der Waals surface area contributed by atoms with E-state index < -0.39 is 5.97 Å². The number of amides is 1. The van der Waals surface area contributed by atoms with Gasteiger partial charge in [0.2, 0.25) is 0 Å². The van der Waals surface area contributed by atoms with Crippen molar-refractivity contribution in [2.24, 2.45) is 0 Å². The van der Waals surface area contributed by atoms with E-state index in [1.165, 1.54) is 32.7 Å². The van der Waals surface area contributed by atoms with Gasteiger partial charge in [0.05, 0.1) is 17.6 Å². The van der Waals surface area contributed by atoms with Crippen molar-refractivity contribution < 1.29 is 14.7 Å². The maximum Gasteiger partial charge on any atom is 0.325 e. The number of thiophene rings is 1. The second kappa shape index (κ2) is 7.17. The molecule has 2 rings (SSSR count). The molecule has 0 aliphatic carbocycles. The Balaban J connectivity index is 1.93. The van der Waals surface area contributed by atoms with Crippen LogP contribution >= 0.6 is 11.3 Å². The minimum absolute atomic E-state index is 0.150. The van der Waals surface area contributed by atoms with Gasteiger partial charge < -0.3 is 10.4 Å². The number of aromatic nitrogens is 3. The van der Waals surface area contributed by atoms with E-state index in [2.05, 4.69) is 22.6 Å². The molecule has 0 saturated heterocycles. The molecule has 2 heterocycles. The highest BCUT2D eigenvalue weighted by Gasteiger charge is 2.12. The third kappa shape index (κ3) is 4.14. The quantitative estimate of drug-likeness (QED) is 0.807. The van der Waals surface area contributed by atoms with Gasteiger partial charge in [0.25, 0.3) is 5.91 Å². The van der Waals surface area contributed by atoms with Gasteiger partial charge in [-0.1, -0.05) is 18.6 Å². The van der Waals surface area contributed by atoms with Gasteiger partial charge in [-0.15, -0.1) is 16.4 Å². The summed E-state index contributed by atoms with van der Waals surface area (Å²) in [5.41, 5.74) is 1.74. The van der Waals surface area contributed by atoms with Crippen molar-refractivity contribution in [2.45, 2.75) is 39.8 Å². The topological polar surface area (TPSA) is 97.1 Å². The minimum atomic E-state index is -0.988. The van der Waals surface area contributed by atoms with E-state index in [9.17, 15) is 9.59 Å². The number of nitrogens with one attached hydrogen (secondary N) is 1. The lowest BCUT2D eigenvalue weighted by atomic mass is 10.1. The second-order valence-electron chi connectivity index (χ2n) is 4.93. The van der Waals surface area contributed by atoms with Crippen molar-refractivity contribution in [3.05, 3.63) is 33.3 Å². The van der Waals surface area contributed by atoms with Crippen LogP contribution in [0, 0.1) is 6.92 Å². The molecule has 7 nitrogen and oxygen atoms in total. The molecule has 2 N–H and O–H groups in total. The first kappa shape index (κ1) is 16.2. The third-order valence-corrected chi connectivity index (χ3v) is 4.17. The van der Waals surface area contributed by atoms with Crippen molar-refractivity contribution in [1.29, 1.82) is 0 Å². The fourth-order valence-electron chi connectivity index (χ4n) is 2.04. The van der Waals surface area contributed by atoms with Crippen molar-refractivity contribution >= 4 is 23.2 Å². The van der Waals surface area contributed by atoms with Crippen LogP contribution in [-0.2, 0) is 24.3 Å². The number of nitrogens with zero attached hydrogens (tertiary/aromatic N) is 3. The standard InChI is InChI=1S/C14H18N4O3S/c1-3-4-10-5-12(22-9(10)2)14(21)15-6-11-7-18(17-16-11)8-13(19)20/h5,7H,3-4,6,8H2,1-2H3,(H,15,21)(H,19,20). The number of rotatable bonds is 7.